The molecule has 0 N–H and O–H groups in total. The number of piperazine rings is 1. The maximum absolute atomic E-state index is 12.5. The minimum absolute atomic E-state index is 0.290. The Labute approximate surface area is 157 Å². The Morgan fingerprint density at radius 3 is 2.42 bits per heavy atom. The van der Waals surface area contributed by atoms with Gasteiger partial charge < -0.3 is 14.4 Å². The van der Waals surface area contributed by atoms with Gasteiger partial charge in [-0.25, -0.2) is 0 Å². The van der Waals surface area contributed by atoms with Crippen LogP contribution in [0.2, 0.25) is 0 Å². The summed E-state index contributed by atoms with van der Waals surface area (Å²) in [4.78, 5) is 17.0. The molecule has 144 valence electrons. The highest BCUT2D eigenvalue weighted by molar-refractivity contribution is 5.76. The minimum Gasteiger partial charge on any atom is -0.486 e. The third kappa shape index (κ3) is 5.37. The van der Waals surface area contributed by atoms with Crippen LogP contribution in [0, 0.1) is 5.41 Å². The lowest BCUT2D eigenvalue weighted by Crippen LogP contribution is -2.50. The van der Waals surface area contributed by atoms with Crippen LogP contribution in [0.1, 0.15) is 39.2 Å². The Morgan fingerprint density at radius 2 is 1.73 bits per heavy atom. The van der Waals surface area contributed by atoms with E-state index >= 15 is 0 Å². The van der Waals surface area contributed by atoms with Gasteiger partial charge in [0.2, 0.25) is 5.91 Å². The van der Waals surface area contributed by atoms with E-state index in [0.29, 0.717) is 25.0 Å². The van der Waals surface area contributed by atoms with Crippen LogP contribution >= 0.6 is 0 Å². The van der Waals surface area contributed by atoms with Crippen molar-refractivity contribution in [3.05, 3.63) is 23.8 Å². The van der Waals surface area contributed by atoms with Crippen LogP contribution in [0.25, 0.3) is 0 Å². The summed E-state index contributed by atoms with van der Waals surface area (Å²) in [7, 11) is 0. The average Bonchev–Trinajstić information content (AvgIpc) is 2.61. The van der Waals surface area contributed by atoms with Gasteiger partial charge in [0.15, 0.2) is 11.5 Å². The number of rotatable bonds is 5. The van der Waals surface area contributed by atoms with Gasteiger partial charge >= 0.3 is 0 Å². The van der Waals surface area contributed by atoms with E-state index in [9.17, 15) is 4.79 Å². The molecule has 0 atom stereocenters. The number of nitrogens with zero attached hydrogens (tertiary/aromatic N) is 2. The van der Waals surface area contributed by atoms with E-state index in [1.165, 1.54) is 5.56 Å². The lowest BCUT2D eigenvalue weighted by Gasteiger charge is -2.37. The van der Waals surface area contributed by atoms with E-state index in [2.05, 4.69) is 31.7 Å². The molecule has 0 spiro atoms. The normalized spacial score (nSPS) is 18.0. The first-order valence-corrected chi connectivity index (χ1v) is 9.79. The number of aryl methyl sites for hydroxylation is 1. The smallest absolute Gasteiger partial charge is 0.222 e. The molecule has 2 aliphatic rings. The number of fused-ring (bicyclic) bond motifs is 1. The van der Waals surface area contributed by atoms with Crippen molar-refractivity contribution in [2.45, 2.75) is 40.0 Å². The fraction of sp³-hybridized carbons (Fsp3) is 0.667. The number of amides is 1. The maximum Gasteiger partial charge on any atom is 0.222 e. The third-order valence-corrected chi connectivity index (χ3v) is 4.89. The van der Waals surface area contributed by atoms with Crippen molar-refractivity contribution >= 4 is 5.91 Å². The molecular weight excluding hydrogens is 328 g/mol. The van der Waals surface area contributed by atoms with Gasteiger partial charge in [-0.2, -0.15) is 0 Å². The van der Waals surface area contributed by atoms with Gasteiger partial charge in [0, 0.05) is 39.1 Å². The van der Waals surface area contributed by atoms with Crippen LogP contribution in [-0.4, -0.2) is 61.6 Å². The molecule has 2 heterocycles. The number of carbonyl (C=O) groups excluding carboxylic acids is 1. The highest BCUT2D eigenvalue weighted by Crippen LogP contribution is 2.31. The third-order valence-electron chi connectivity index (χ3n) is 4.89. The van der Waals surface area contributed by atoms with Crippen LogP contribution in [-0.2, 0) is 11.2 Å². The van der Waals surface area contributed by atoms with E-state index in [1.807, 2.05) is 17.0 Å². The first-order valence-electron chi connectivity index (χ1n) is 9.79. The molecular formula is C21H32N2O3. The van der Waals surface area contributed by atoms with E-state index < -0.39 is 0 Å². The van der Waals surface area contributed by atoms with Gasteiger partial charge in [-0.1, -0.05) is 26.8 Å². The van der Waals surface area contributed by atoms with Crippen molar-refractivity contribution in [1.29, 1.82) is 0 Å². The fourth-order valence-corrected chi connectivity index (χ4v) is 3.67. The molecule has 1 aromatic carbocycles. The topological polar surface area (TPSA) is 42.0 Å². The largest absolute Gasteiger partial charge is 0.486 e. The molecule has 3 rings (SSSR count). The Balaban J connectivity index is 1.39. The quantitative estimate of drug-likeness (QED) is 0.810. The predicted octanol–water partition coefficient (Wildman–Crippen LogP) is 2.97. The zero-order valence-corrected chi connectivity index (χ0v) is 16.4. The Morgan fingerprint density at radius 1 is 1.04 bits per heavy atom. The summed E-state index contributed by atoms with van der Waals surface area (Å²) in [5, 5.41) is 0. The lowest BCUT2D eigenvalue weighted by atomic mass is 9.96. The zero-order valence-electron chi connectivity index (χ0n) is 16.4. The Hall–Kier alpha value is -1.75. The first kappa shape index (κ1) is 19.0. The number of hydrogen-bond acceptors (Lipinski definition) is 4. The lowest BCUT2D eigenvalue weighted by molar-refractivity contribution is -0.133. The van der Waals surface area contributed by atoms with Crippen molar-refractivity contribution in [2.24, 2.45) is 5.41 Å². The molecule has 0 unspecified atom stereocenters. The van der Waals surface area contributed by atoms with Gasteiger partial charge in [-0.3, -0.25) is 9.69 Å². The van der Waals surface area contributed by atoms with Crippen molar-refractivity contribution < 1.29 is 14.3 Å². The number of hydrogen-bond donors (Lipinski definition) is 0. The molecule has 0 aliphatic carbocycles. The van der Waals surface area contributed by atoms with Gasteiger partial charge in [-0.15, -0.1) is 0 Å². The van der Waals surface area contributed by atoms with Crippen LogP contribution < -0.4 is 9.47 Å². The van der Waals surface area contributed by atoms with Crippen molar-refractivity contribution in [3.63, 3.8) is 0 Å². The summed E-state index contributed by atoms with van der Waals surface area (Å²) in [6.45, 7) is 12.8. The summed E-state index contributed by atoms with van der Waals surface area (Å²) >= 11 is 0. The molecule has 1 aromatic rings. The monoisotopic (exact) mass is 360 g/mol. The molecule has 0 radical (unpaired) electrons. The summed E-state index contributed by atoms with van der Waals surface area (Å²) in [5.41, 5.74) is 1.52. The van der Waals surface area contributed by atoms with Crippen molar-refractivity contribution in [3.8, 4) is 11.5 Å². The van der Waals surface area contributed by atoms with Crippen LogP contribution in [0.15, 0.2) is 18.2 Å². The van der Waals surface area contributed by atoms with E-state index in [0.717, 1.165) is 57.1 Å². The summed E-state index contributed by atoms with van der Waals surface area (Å²) in [5.74, 6) is 1.94. The van der Waals surface area contributed by atoms with Crippen molar-refractivity contribution in [1.82, 2.24) is 9.80 Å². The van der Waals surface area contributed by atoms with E-state index in [4.69, 9.17) is 9.47 Å². The molecule has 0 aromatic heterocycles. The minimum atomic E-state index is 0.290. The molecule has 5 nitrogen and oxygen atoms in total. The summed E-state index contributed by atoms with van der Waals surface area (Å²) in [6, 6.07) is 6.09. The van der Waals surface area contributed by atoms with Gasteiger partial charge in [0.1, 0.15) is 13.2 Å². The Kier molecular flexibility index (Phi) is 6.07. The van der Waals surface area contributed by atoms with Crippen LogP contribution in [0.3, 0.4) is 0 Å². The second kappa shape index (κ2) is 8.30. The first-order chi connectivity index (χ1) is 12.4. The SMILES string of the molecule is CC(C)(C)CN1CCN(C(=O)CCCc2ccc3c(c2)OCCO3)CC1. The highest BCUT2D eigenvalue weighted by Gasteiger charge is 2.23. The van der Waals surface area contributed by atoms with Gasteiger partial charge in [0.25, 0.3) is 0 Å². The second-order valence-corrected chi connectivity index (χ2v) is 8.55. The van der Waals surface area contributed by atoms with Crippen LogP contribution in [0.5, 0.6) is 11.5 Å². The number of benzene rings is 1. The molecule has 5 heteroatoms. The number of ether oxygens (including phenoxy) is 2. The molecule has 1 fully saturated rings. The predicted molar refractivity (Wildman–Crippen MR) is 103 cm³/mol. The molecule has 26 heavy (non-hydrogen) atoms. The molecule has 2 aliphatic heterocycles. The fourth-order valence-electron chi connectivity index (χ4n) is 3.67. The number of carbonyl (C=O) groups is 1. The van der Waals surface area contributed by atoms with Crippen molar-refractivity contribution in [2.75, 3.05) is 45.9 Å². The zero-order chi connectivity index (χ0) is 18.6. The Bertz CT molecular complexity index is 616. The average molecular weight is 360 g/mol. The van der Waals surface area contributed by atoms with E-state index in [-0.39, 0.29) is 5.91 Å². The standard InChI is InChI=1S/C21H32N2O3/c1-21(2,3)16-22-9-11-23(12-10-22)20(24)6-4-5-17-7-8-18-19(15-17)26-14-13-25-18/h7-8,15H,4-6,9-14,16H2,1-3H3. The second-order valence-electron chi connectivity index (χ2n) is 8.55. The molecule has 0 bridgehead atoms. The highest BCUT2D eigenvalue weighted by atomic mass is 16.6. The molecule has 1 amide bonds. The summed E-state index contributed by atoms with van der Waals surface area (Å²) in [6.07, 6.45) is 2.39. The van der Waals surface area contributed by atoms with Crippen LogP contribution in [0.4, 0.5) is 0 Å². The van der Waals surface area contributed by atoms with E-state index in [1.54, 1.807) is 0 Å². The maximum atomic E-state index is 12.5. The van der Waals surface area contributed by atoms with Gasteiger partial charge in [-0.05, 0) is 36.0 Å². The molecule has 0 saturated carbocycles. The van der Waals surface area contributed by atoms with Gasteiger partial charge in [0.05, 0.1) is 0 Å². The molecule has 1 saturated heterocycles. The summed E-state index contributed by atoms with van der Waals surface area (Å²) < 4.78 is 11.2.